The van der Waals surface area contributed by atoms with Gasteiger partial charge in [0, 0.05) is 21.5 Å². The van der Waals surface area contributed by atoms with Gasteiger partial charge in [0.25, 0.3) is 0 Å². The van der Waals surface area contributed by atoms with Crippen molar-refractivity contribution in [1.29, 1.82) is 5.26 Å². The highest BCUT2D eigenvalue weighted by Gasteiger charge is 2.32. The highest BCUT2D eigenvalue weighted by molar-refractivity contribution is 6.13. The summed E-state index contributed by atoms with van der Waals surface area (Å²) in [5.74, 6) is 0. The highest BCUT2D eigenvalue weighted by atomic mass is 19.4. The second-order valence-corrected chi connectivity index (χ2v) is 14.2. The van der Waals surface area contributed by atoms with Crippen LogP contribution in [0.4, 0.5) is 18.9 Å². The van der Waals surface area contributed by atoms with Crippen molar-refractivity contribution in [3.05, 3.63) is 198 Å². The zero-order chi connectivity index (χ0) is 39.5. The third-order valence-corrected chi connectivity index (χ3v) is 11.0. The lowest BCUT2D eigenvalue weighted by Gasteiger charge is -2.20. The van der Waals surface area contributed by atoms with Gasteiger partial charge in [0.05, 0.1) is 57.2 Å². The number of aromatic nitrogens is 2. The summed E-state index contributed by atoms with van der Waals surface area (Å²) in [4.78, 5) is 3.97. The fraction of sp³-hybridized carbons (Fsp3) is 0.0196. The monoisotopic (exact) mass is 754 g/mol. The molecule has 0 saturated carbocycles. The molecule has 2 heterocycles. The molecule has 4 nitrogen and oxygen atoms in total. The average molecular weight is 755 g/mol. The molecule has 0 aliphatic carbocycles. The molecule has 0 amide bonds. The largest absolute Gasteiger partial charge is 0.416 e. The van der Waals surface area contributed by atoms with Crippen LogP contribution in [0.3, 0.4) is 0 Å². The predicted molar refractivity (Wildman–Crippen MR) is 227 cm³/mol. The lowest BCUT2D eigenvalue weighted by molar-refractivity contribution is -0.137. The van der Waals surface area contributed by atoms with Crippen molar-refractivity contribution in [2.24, 2.45) is 0 Å². The van der Waals surface area contributed by atoms with Gasteiger partial charge in [-0.25, -0.2) is 4.85 Å². The first-order valence-corrected chi connectivity index (χ1v) is 18.7. The van der Waals surface area contributed by atoms with Crippen LogP contribution in [0.5, 0.6) is 0 Å². The first-order valence-electron chi connectivity index (χ1n) is 18.7. The summed E-state index contributed by atoms with van der Waals surface area (Å²) in [6.45, 7) is 8.43. The van der Waals surface area contributed by atoms with E-state index in [9.17, 15) is 18.4 Å². The van der Waals surface area contributed by atoms with Crippen molar-refractivity contribution >= 4 is 49.3 Å². The lowest BCUT2D eigenvalue weighted by Crippen LogP contribution is -2.06. The van der Waals surface area contributed by atoms with Gasteiger partial charge in [0.2, 0.25) is 0 Å². The molecule has 274 valence electrons. The van der Waals surface area contributed by atoms with E-state index in [-0.39, 0.29) is 16.8 Å². The number of benzene rings is 8. The SMILES string of the molecule is [C-]#[N+]c1cc(-n2c3ccccc3c3cc(-c4ccccc4)ccc32)c(-n2c3ccccc3c3cc(-c4ccccc4)ccc32)cc1-c1ccc(C(F)(F)F)cc1C#N. The van der Waals surface area contributed by atoms with Crippen LogP contribution in [0.15, 0.2) is 176 Å². The molecule has 0 unspecified atom stereocenters. The Bertz CT molecular complexity index is 3340. The Kier molecular flexibility index (Phi) is 8.00. The maximum absolute atomic E-state index is 13.9. The Labute approximate surface area is 331 Å². The van der Waals surface area contributed by atoms with E-state index in [2.05, 4.69) is 98.9 Å². The second-order valence-electron chi connectivity index (χ2n) is 14.2. The van der Waals surface area contributed by atoms with Gasteiger partial charge < -0.3 is 9.13 Å². The van der Waals surface area contributed by atoms with E-state index in [1.165, 1.54) is 6.07 Å². The van der Waals surface area contributed by atoms with Crippen LogP contribution in [0.1, 0.15) is 11.1 Å². The molecule has 0 atom stereocenters. The van der Waals surface area contributed by atoms with Crippen LogP contribution in [0.25, 0.3) is 93.2 Å². The number of nitrogens with zero attached hydrogens (tertiary/aromatic N) is 4. The Hall–Kier alpha value is -7.87. The number of para-hydroxylation sites is 2. The van der Waals surface area contributed by atoms with E-state index in [4.69, 9.17) is 6.57 Å². The maximum atomic E-state index is 13.9. The summed E-state index contributed by atoms with van der Waals surface area (Å²) in [5.41, 5.74) is 9.06. The molecule has 7 heteroatoms. The summed E-state index contributed by atoms with van der Waals surface area (Å²) in [6, 6.07) is 58.3. The fourth-order valence-electron chi connectivity index (χ4n) is 8.37. The molecular formula is C51H29F3N4. The van der Waals surface area contributed by atoms with Crippen LogP contribution in [-0.4, -0.2) is 9.13 Å². The number of nitriles is 1. The molecule has 0 radical (unpaired) electrons. The van der Waals surface area contributed by atoms with E-state index < -0.39 is 11.7 Å². The number of hydrogen-bond donors (Lipinski definition) is 0. The van der Waals surface area contributed by atoms with Gasteiger partial charge in [0.1, 0.15) is 0 Å². The van der Waals surface area contributed by atoms with Gasteiger partial charge in [0.15, 0.2) is 5.69 Å². The molecule has 0 aliphatic heterocycles. The zero-order valence-electron chi connectivity index (χ0n) is 30.7. The van der Waals surface area contributed by atoms with Crippen molar-refractivity contribution in [2.45, 2.75) is 6.18 Å². The first-order chi connectivity index (χ1) is 28.3. The van der Waals surface area contributed by atoms with Crippen LogP contribution in [0.2, 0.25) is 0 Å². The minimum atomic E-state index is -4.64. The van der Waals surface area contributed by atoms with Gasteiger partial charge >= 0.3 is 6.18 Å². The molecule has 58 heavy (non-hydrogen) atoms. The zero-order valence-corrected chi connectivity index (χ0v) is 30.7. The molecule has 0 fully saturated rings. The highest BCUT2D eigenvalue weighted by Crippen LogP contribution is 2.45. The molecule has 0 N–H and O–H groups in total. The normalized spacial score (nSPS) is 11.7. The van der Waals surface area contributed by atoms with Crippen molar-refractivity contribution in [3.8, 4) is 50.8 Å². The Morgan fingerprint density at radius 3 is 1.45 bits per heavy atom. The quantitative estimate of drug-likeness (QED) is 0.161. The van der Waals surface area contributed by atoms with Gasteiger partial charge in [-0.3, -0.25) is 0 Å². The first kappa shape index (κ1) is 34.6. The maximum Gasteiger partial charge on any atom is 0.416 e. The molecular weight excluding hydrogens is 726 g/mol. The van der Waals surface area contributed by atoms with Crippen LogP contribution in [-0.2, 0) is 6.18 Å². The summed E-state index contributed by atoms with van der Waals surface area (Å²) in [7, 11) is 0. The molecule has 10 rings (SSSR count). The molecule has 0 bridgehead atoms. The number of alkyl halides is 3. The van der Waals surface area contributed by atoms with Gasteiger partial charge in [-0.1, -0.05) is 115 Å². The van der Waals surface area contributed by atoms with E-state index in [1.54, 1.807) is 0 Å². The topological polar surface area (TPSA) is 38.0 Å². The van der Waals surface area contributed by atoms with Gasteiger partial charge in [-0.05, 0) is 94.0 Å². The van der Waals surface area contributed by atoms with Crippen LogP contribution in [0, 0.1) is 17.9 Å². The number of fused-ring (bicyclic) bond motifs is 6. The van der Waals surface area contributed by atoms with Crippen molar-refractivity contribution in [3.63, 3.8) is 0 Å². The molecule has 2 aromatic heterocycles. The molecule has 0 aliphatic rings. The van der Waals surface area contributed by atoms with E-state index in [1.807, 2.05) is 78.9 Å². The van der Waals surface area contributed by atoms with E-state index >= 15 is 0 Å². The third kappa shape index (κ3) is 5.52. The second kappa shape index (κ2) is 13.4. The molecule has 8 aromatic carbocycles. The van der Waals surface area contributed by atoms with Crippen molar-refractivity contribution in [2.75, 3.05) is 0 Å². The molecule has 0 spiro atoms. The third-order valence-electron chi connectivity index (χ3n) is 11.0. The van der Waals surface area contributed by atoms with Crippen LogP contribution < -0.4 is 0 Å². The minimum Gasteiger partial charge on any atom is -0.308 e. The average Bonchev–Trinajstić information content (AvgIpc) is 3.78. The summed E-state index contributed by atoms with van der Waals surface area (Å²) < 4.78 is 46.0. The predicted octanol–water partition coefficient (Wildman–Crippen LogP) is 14.3. The van der Waals surface area contributed by atoms with Crippen LogP contribution >= 0.6 is 0 Å². The summed E-state index contributed by atoms with van der Waals surface area (Å²) in [6.07, 6.45) is -4.64. The molecule has 10 aromatic rings. The minimum absolute atomic E-state index is 0.168. The van der Waals surface area contributed by atoms with E-state index in [0.717, 1.165) is 78.0 Å². The Morgan fingerprint density at radius 2 is 0.948 bits per heavy atom. The Balaban J connectivity index is 1.33. The number of halogens is 3. The Morgan fingerprint density at radius 1 is 0.466 bits per heavy atom. The smallest absolute Gasteiger partial charge is 0.308 e. The fourth-order valence-corrected chi connectivity index (χ4v) is 8.37. The standard InChI is InChI=1S/C51H29F3N4/c1-56-44-30-50(58-46-19-11-9-17-40(46)43-28-35(21-25-48(43)58)33-14-6-3-7-15-33)49(29-41(44)38-23-22-37(51(52,53)54)26-36(38)31-55)57-45-18-10-8-16-39(45)42-27-34(20-24-47(42)57)32-12-4-2-5-13-32/h2-30H. The van der Waals surface area contributed by atoms with Crippen molar-refractivity contribution < 1.29 is 13.2 Å². The molecule has 0 saturated heterocycles. The summed E-state index contributed by atoms with van der Waals surface area (Å²) >= 11 is 0. The summed E-state index contributed by atoms with van der Waals surface area (Å²) in [5, 5.41) is 14.3. The van der Waals surface area contributed by atoms with Gasteiger partial charge in [-0.15, -0.1) is 0 Å². The lowest BCUT2D eigenvalue weighted by atomic mass is 9.95. The van der Waals surface area contributed by atoms with Gasteiger partial charge in [-0.2, -0.15) is 18.4 Å². The van der Waals surface area contributed by atoms with Crippen molar-refractivity contribution in [1.82, 2.24) is 9.13 Å². The number of rotatable bonds is 5. The van der Waals surface area contributed by atoms with E-state index in [0.29, 0.717) is 16.9 Å². The number of hydrogen-bond acceptors (Lipinski definition) is 1.